The molecule has 0 aliphatic carbocycles. The molecule has 0 saturated heterocycles. The third-order valence-corrected chi connectivity index (χ3v) is 6.25. The minimum Gasteiger partial charge on any atom is -0.345 e. The Bertz CT molecular complexity index is 1230. The van der Waals surface area contributed by atoms with Gasteiger partial charge in [-0.1, -0.05) is 19.4 Å². The van der Waals surface area contributed by atoms with Crippen LogP contribution in [0.2, 0.25) is 0 Å². The summed E-state index contributed by atoms with van der Waals surface area (Å²) in [6.07, 6.45) is 6.03. The van der Waals surface area contributed by atoms with E-state index in [1.54, 1.807) is 28.4 Å². The highest BCUT2D eigenvalue weighted by Gasteiger charge is 2.21. The number of carbonyl (C=O) groups excluding carboxylic acids is 1. The van der Waals surface area contributed by atoms with Crippen LogP contribution in [0, 0.1) is 13.8 Å². The van der Waals surface area contributed by atoms with Gasteiger partial charge in [-0.3, -0.25) is 4.79 Å². The first-order valence-corrected chi connectivity index (χ1v) is 11.5. The first-order valence-electron chi connectivity index (χ1n) is 10.6. The molecule has 32 heavy (non-hydrogen) atoms. The molecule has 10 heteroatoms. The summed E-state index contributed by atoms with van der Waals surface area (Å²) < 4.78 is 3.54. The number of aryl methyl sites for hydroxylation is 2. The van der Waals surface area contributed by atoms with Gasteiger partial charge in [-0.25, -0.2) is 14.6 Å². The Labute approximate surface area is 190 Å². The molecule has 1 N–H and O–H groups in total. The molecule has 0 spiro atoms. The number of aromatic nitrogens is 7. The van der Waals surface area contributed by atoms with E-state index in [0.717, 1.165) is 40.5 Å². The molecular formula is C22H26N8OS. The average molecular weight is 451 g/mol. The van der Waals surface area contributed by atoms with Crippen molar-refractivity contribution in [3.8, 4) is 16.5 Å². The van der Waals surface area contributed by atoms with Gasteiger partial charge in [0.05, 0.1) is 34.6 Å². The number of unbranched alkanes of at least 4 members (excludes halogenated alkanes) is 1. The van der Waals surface area contributed by atoms with Crippen molar-refractivity contribution in [3.63, 3.8) is 0 Å². The van der Waals surface area contributed by atoms with Crippen LogP contribution in [0.1, 0.15) is 53.0 Å². The van der Waals surface area contributed by atoms with Crippen molar-refractivity contribution in [1.29, 1.82) is 0 Å². The van der Waals surface area contributed by atoms with E-state index in [-0.39, 0.29) is 12.5 Å². The molecule has 0 bridgehead atoms. The summed E-state index contributed by atoms with van der Waals surface area (Å²) in [5, 5.41) is 17.6. The lowest BCUT2D eigenvalue weighted by Crippen LogP contribution is -2.25. The first kappa shape index (κ1) is 21.8. The van der Waals surface area contributed by atoms with E-state index in [2.05, 4.69) is 32.5 Å². The second kappa shape index (κ2) is 9.39. The number of carbonyl (C=O) groups is 1. The first-order chi connectivity index (χ1) is 15.5. The van der Waals surface area contributed by atoms with Crippen molar-refractivity contribution in [2.75, 3.05) is 0 Å². The number of amides is 1. The Morgan fingerprint density at radius 1 is 1.22 bits per heavy atom. The van der Waals surface area contributed by atoms with E-state index in [1.807, 2.05) is 43.0 Å². The minimum atomic E-state index is -0.200. The lowest BCUT2D eigenvalue weighted by molar-refractivity contribution is 0.0948. The van der Waals surface area contributed by atoms with Gasteiger partial charge >= 0.3 is 0 Å². The monoisotopic (exact) mass is 450 g/mol. The number of nitrogens with zero attached hydrogens (tertiary/aromatic N) is 7. The summed E-state index contributed by atoms with van der Waals surface area (Å²) >= 11 is 1.63. The molecule has 0 fully saturated rings. The van der Waals surface area contributed by atoms with Gasteiger partial charge in [-0.15, -0.1) is 21.5 Å². The van der Waals surface area contributed by atoms with Gasteiger partial charge in [0, 0.05) is 13.2 Å². The van der Waals surface area contributed by atoms with Crippen LogP contribution in [0.4, 0.5) is 0 Å². The second-order valence-electron chi connectivity index (χ2n) is 7.60. The summed E-state index contributed by atoms with van der Waals surface area (Å²) in [7, 11) is 1.88. The average Bonchev–Trinajstić information content (AvgIpc) is 3.53. The zero-order chi connectivity index (χ0) is 22.7. The molecular weight excluding hydrogens is 424 g/mol. The quantitative estimate of drug-likeness (QED) is 0.441. The van der Waals surface area contributed by atoms with E-state index in [9.17, 15) is 4.79 Å². The predicted octanol–water partition coefficient (Wildman–Crippen LogP) is 3.41. The number of hydrogen-bond acceptors (Lipinski definition) is 7. The van der Waals surface area contributed by atoms with Crippen LogP contribution >= 0.6 is 11.3 Å². The molecule has 4 rings (SSSR count). The normalized spacial score (nSPS) is 11.1. The maximum atomic E-state index is 13.0. The van der Waals surface area contributed by atoms with Gasteiger partial charge in [0.2, 0.25) is 0 Å². The maximum Gasteiger partial charge on any atom is 0.255 e. The van der Waals surface area contributed by atoms with Crippen molar-refractivity contribution in [2.24, 2.45) is 7.05 Å². The molecule has 0 radical (unpaired) electrons. The Morgan fingerprint density at radius 2 is 2.06 bits per heavy atom. The molecule has 0 aromatic carbocycles. The van der Waals surface area contributed by atoms with Gasteiger partial charge in [-0.2, -0.15) is 5.10 Å². The topological polar surface area (TPSA) is 103 Å². The summed E-state index contributed by atoms with van der Waals surface area (Å²) in [5.41, 5.74) is 3.21. The van der Waals surface area contributed by atoms with Crippen LogP contribution < -0.4 is 5.32 Å². The van der Waals surface area contributed by atoms with Crippen molar-refractivity contribution in [3.05, 3.63) is 58.4 Å². The molecule has 4 heterocycles. The maximum absolute atomic E-state index is 13.0. The molecule has 9 nitrogen and oxygen atoms in total. The third kappa shape index (κ3) is 4.31. The highest BCUT2D eigenvalue weighted by Crippen LogP contribution is 2.26. The van der Waals surface area contributed by atoms with E-state index in [1.165, 1.54) is 0 Å². The van der Waals surface area contributed by atoms with Crippen molar-refractivity contribution in [2.45, 2.75) is 46.6 Å². The van der Waals surface area contributed by atoms with E-state index in [0.29, 0.717) is 23.8 Å². The molecule has 0 atom stereocenters. The van der Waals surface area contributed by atoms with Gasteiger partial charge in [0.15, 0.2) is 5.82 Å². The molecule has 166 valence electrons. The van der Waals surface area contributed by atoms with Crippen LogP contribution in [0.15, 0.2) is 29.9 Å². The summed E-state index contributed by atoms with van der Waals surface area (Å²) in [6.45, 7) is 6.27. The number of rotatable bonds is 8. The molecule has 0 unspecified atom stereocenters. The SMILES string of the molecule is CCCCc1c(C(=O)NCc2nnc(C)n2C)cnn1-c1ncc(C)c(-c2cccs2)n1. The summed E-state index contributed by atoms with van der Waals surface area (Å²) in [4.78, 5) is 23.4. The largest absolute Gasteiger partial charge is 0.345 e. The Hall–Kier alpha value is -3.40. The van der Waals surface area contributed by atoms with Gasteiger partial charge < -0.3 is 9.88 Å². The van der Waals surface area contributed by atoms with Crippen LogP contribution in [0.25, 0.3) is 16.5 Å². The van der Waals surface area contributed by atoms with Gasteiger partial charge in [0.25, 0.3) is 11.9 Å². The third-order valence-electron chi connectivity index (χ3n) is 5.37. The van der Waals surface area contributed by atoms with Crippen LogP contribution in [0.3, 0.4) is 0 Å². The van der Waals surface area contributed by atoms with Crippen LogP contribution in [-0.2, 0) is 20.0 Å². The lowest BCUT2D eigenvalue weighted by atomic mass is 10.1. The zero-order valence-corrected chi connectivity index (χ0v) is 19.5. The standard InChI is InChI=1S/C22H26N8OS/c1-5-6-8-17-16(21(31)23-13-19-28-27-15(3)29(19)4)12-25-30(17)22-24-11-14(2)20(26-22)18-9-7-10-32-18/h7,9-12H,5-6,8,13H2,1-4H3,(H,23,31). The second-order valence-corrected chi connectivity index (χ2v) is 8.55. The van der Waals surface area contributed by atoms with E-state index >= 15 is 0 Å². The lowest BCUT2D eigenvalue weighted by Gasteiger charge is -2.10. The minimum absolute atomic E-state index is 0.200. The smallest absolute Gasteiger partial charge is 0.255 e. The molecule has 0 aliphatic heterocycles. The summed E-state index contributed by atoms with van der Waals surface area (Å²) in [5.74, 6) is 1.76. The zero-order valence-electron chi connectivity index (χ0n) is 18.7. The fraction of sp³-hybridized carbons (Fsp3) is 0.364. The molecule has 0 saturated carbocycles. The highest BCUT2D eigenvalue weighted by atomic mass is 32.1. The fourth-order valence-corrected chi connectivity index (χ4v) is 4.16. The molecule has 1 amide bonds. The van der Waals surface area contributed by atoms with Crippen LogP contribution in [0.5, 0.6) is 0 Å². The van der Waals surface area contributed by atoms with E-state index < -0.39 is 0 Å². The number of nitrogens with one attached hydrogen (secondary N) is 1. The molecule has 0 aliphatic rings. The Balaban J connectivity index is 1.65. The predicted molar refractivity (Wildman–Crippen MR) is 123 cm³/mol. The van der Waals surface area contributed by atoms with E-state index in [4.69, 9.17) is 4.98 Å². The number of thiophene rings is 1. The molecule has 4 aromatic heterocycles. The number of hydrogen-bond donors (Lipinski definition) is 1. The molecule has 4 aromatic rings. The van der Waals surface area contributed by atoms with Crippen molar-refractivity contribution >= 4 is 17.2 Å². The Kier molecular flexibility index (Phi) is 6.40. The highest BCUT2D eigenvalue weighted by molar-refractivity contribution is 7.13. The van der Waals surface area contributed by atoms with Crippen molar-refractivity contribution < 1.29 is 4.79 Å². The Morgan fingerprint density at radius 3 is 2.75 bits per heavy atom. The van der Waals surface area contributed by atoms with Crippen LogP contribution in [-0.4, -0.2) is 40.4 Å². The van der Waals surface area contributed by atoms with Crippen molar-refractivity contribution in [1.82, 2.24) is 39.8 Å². The van der Waals surface area contributed by atoms with Gasteiger partial charge in [-0.05, 0) is 43.7 Å². The summed E-state index contributed by atoms with van der Waals surface area (Å²) in [6, 6.07) is 4.04. The van der Waals surface area contributed by atoms with Gasteiger partial charge in [0.1, 0.15) is 5.82 Å². The fourth-order valence-electron chi connectivity index (χ4n) is 3.38.